The maximum Gasteiger partial charge on any atom is 0.300 e. The summed E-state index contributed by atoms with van der Waals surface area (Å²) in [6.45, 7) is 0. The summed E-state index contributed by atoms with van der Waals surface area (Å²) in [4.78, 5) is 18.6. The maximum atomic E-state index is 11.4. The highest BCUT2D eigenvalue weighted by molar-refractivity contribution is 7.57. The Bertz CT molecular complexity index is 569. The van der Waals surface area contributed by atoms with Gasteiger partial charge in [-0.05, 0) is 12.1 Å². The van der Waals surface area contributed by atoms with E-state index < -0.39 is 13.5 Å². The van der Waals surface area contributed by atoms with Crippen molar-refractivity contribution in [3.05, 3.63) is 30.1 Å². The number of H-pyrrole nitrogens is 1. The number of fused-ring (bicyclic) bond motifs is 1. The molecule has 1 amide bonds. The average Bonchev–Trinajstić information content (AvgIpc) is 2.55. The fourth-order valence-electron chi connectivity index (χ4n) is 1.48. The molecule has 1 heterocycles. The Labute approximate surface area is 97.1 Å². The summed E-state index contributed by atoms with van der Waals surface area (Å²) in [7, 11) is -3.53. The van der Waals surface area contributed by atoms with Crippen LogP contribution in [-0.4, -0.2) is 15.9 Å². The van der Waals surface area contributed by atoms with Gasteiger partial charge in [0.1, 0.15) is 5.82 Å². The zero-order chi connectivity index (χ0) is 12.5. The van der Waals surface area contributed by atoms with Crippen LogP contribution in [0, 0.1) is 0 Å². The smallest absolute Gasteiger partial charge is 0.300 e. The van der Waals surface area contributed by atoms with E-state index >= 15 is 0 Å². The number of amides is 1. The van der Waals surface area contributed by atoms with Crippen molar-refractivity contribution in [1.82, 2.24) is 15.1 Å². The lowest BCUT2D eigenvalue weighted by molar-refractivity contribution is -0.118. The van der Waals surface area contributed by atoms with E-state index in [1.807, 2.05) is 29.4 Å². The highest BCUT2D eigenvalue weighted by atomic mass is 31.2. The van der Waals surface area contributed by atoms with Crippen molar-refractivity contribution in [3.8, 4) is 0 Å². The molecular weight excluding hydrogens is 241 g/mol. The SMILES string of the molecule is NP(N)(=O)NC(=O)Cc1nc2ccccc2[nH]1. The van der Waals surface area contributed by atoms with Crippen LogP contribution in [0.25, 0.3) is 11.0 Å². The number of carbonyl (C=O) groups is 1. The minimum Gasteiger partial charge on any atom is -0.342 e. The highest BCUT2D eigenvalue weighted by Gasteiger charge is 2.14. The number of nitrogens with two attached hydrogens (primary N) is 2. The molecule has 0 radical (unpaired) electrons. The molecule has 6 N–H and O–H groups in total. The molecule has 90 valence electrons. The van der Waals surface area contributed by atoms with E-state index in [4.69, 9.17) is 11.0 Å². The predicted molar refractivity (Wildman–Crippen MR) is 63.9 cm³/mol. The third kappa shape index (κ3) is 3.13. The third-order valence-electron chi connectivity index (χ3n) is 2.07. The van der Waals surface area contributed by atoms with E-state index in [0.717, 1.165) is 11.0 Å². The van der Waals surface area contributed by atoms with Crippen LogP contribution in [0.2, 0.25) is 0 Å². The topological polar surface area (TPSA) is 127 Å². The van der Waals surface area contributed by atoms with E-state index in [2.05, 4.69) is 9.97 Å². The Kier molecular flexibility index (Phi) is 2.97. The molecular formula is C9H12N5O2P. The quantitative estimate of drug-likeness (QED) is 0.583. The van der Waals surface area contributed by atoms with Crippen molar-refractivity contribution in [2.24, 2.45) is 11.0 Å². The second-order valence-corrected chi connectivity index (χ2v) is 5.26. The van der Waals surface area contributed by atoms with Crippen molar-refractivity contribution in [2.75, 3.05) is 0 Å². The molecule has 0 aliphatic rings. The van der Waals surface area contributed by atoms with Crippen LogP contribution in [0.5, 0.6) is 0 Å². The number of nitrogens with one attached hydrogen (secondary N) is 2. The molecule has 0 saturated heterocycles. The van der Waals surface area contributed by atoms with E-state index in [9.17, 15) is 9.36 Å². The Morgan fingerprint density at radius 2 is 2.12 bits per heavy atom. The number of benzene rings is 1. The molecule has 2 rings (SSSR count). The van der Waals surface area contributed by atoms with Gasteiger partial charge in [0.15, 0.2) is 0 Å². The van der Waals surface area contributed by atoms with Gasteiger partial charge in [0.05, 0.1) is 17.5 Å². The summed E-state index contributed by atoms with van der Waals surface area (Å²) < 4.78 is 11.0. The van der Waals surface area contributed by atoms with Crippen molar-refractivity contribution in [2.45, 2.75) is 6.42 Å². The number of hydrogen-bond acceptors (Lipinski definition) is 3. The van der Waals surface area contributed by atoms with Gasteiger partial charge in [0.25, 0.3) is 7.59 Å². The largest absolute Gasteiger partial charge is 0.342 e. The Hall–Kier alpha value is -1.69. The summed E-state index contributed by atoms with van der Waals surface area (Å²) in [5.74, 6) is -0.0606. The van der Waals surface area contributed by atoms with Crippen LogP contribution < -0.4 is 16.1 Å². The number of aromatic nitrogens is 2. The summed E-state index contributed by atoms with van der Waals surface area (Å²) in [5, 5.41) is 2.02. The lowest BCUT2D eigenvalue weighted by atomic mass is 10.3. The summed E-state index contributed by atoms with van der Waals surface area (Å²) in [5.41, 5.74) is 11.7. The van der Waals surface area contributed by atoms with Crippen LogP contribution in [0.3, 0.4) is 0 Å². The second kappa shape index (κ2) is 4.29. The first-order valence-corrected chi connectivity index (χ1v) is 6.70. The molecule has 0 bridgehead atoms. The summed E-state index contributed by atoms with van der Waals surface area (Å²) in [6, 6.07) is 7.38. The molecule has 0 aliphatic carbocycles. The van der Waals surface area contributed by atoms with Crippen molar-refractivity contribution in [1.29, 1.82) is 0 Å². The Balaban J connectivity index is 2.13. The molecule has 17 heavy (non-hydrogen) atoms. The van der Waals surface area contributed by atoms with Crippen molar-refractivity contribution in [3.63, 3.8) is 0 Å². The molecule has 7 nitrogen and oxygen atoms in total. The second-order valence-electron chi connectivity index (χ2n) is 3.62. The zero-order valence-corrected chi connectivity index (χ0v) is 9.78. The molecule has 0 aliphatic heterocycles. The molecule has 0 atom stereocenters. The van der Waals surface area contributed by atoms with Crippen molar-refractivity contribution < 1.29 is 9.36 Å². The van der Waals surface area contributed by atoms with E-state index in [1.54, 1.807) is 0 Å². The first-order valence-electron chi connectivity index (χ1n) is 4.86. The van der Waals surface area contributed by atoms with Gasteiger partial charge < -0.3 is 4.98 Å². The Morgan fingerprint density at radius 3 is 2.76 bits per heavy atom. The standard InChI is InChI=1S/C9H12N5O2P/c10-17(11,16)14-9(15)5-8-12-6-3-1-2-4-7(6)13-8/h1-4H,5H2,(H,12,13)(H5,10,11,14,15,16). The van der Waals surface area contributed by atoms with E-state index in [1.165, 1.54) is 0 Å². The first kappa shape index (κ1) is 11.8. The van der Waals surface area contributed by atoms with Crippen LogP contribution in [0.15, 0.2) is 24.3 Å². The maximum absolute atomic E-state index is 11.4. The molecule has 0 saturated carbocycles. The molecule has 8 heteroatoms. The third-order valence-corrected chi connectivity index (χ3v) is 2.66. The predicted octanol–water partition coefficient (Wildman–Crippen LogP) is 0.247. The van der Waals surface area contributed by atoms with Gasteiger partial charge in [-0.25, -0.2) is 4.98 Å². The zero-order valence-electron chi connectivity index (χ0n) is 8.88. The van der Waals surface area contributed by atoms with Crippen LogP contribution >= 0.6 is 7.59 Å². The van der Waals surface area contributed by atoms with Gasteiger partial charge in [-0.15, -0.1) is 0 Å². The van der Waals surface area contributed by atoms with Gasteiger partial charge in [-0.1, -0.05) is 12.1 Å². The van der Waals surface area contributed by atoms with Gasteiger partial charge >= 0.3 is 0 Å². The number of nitrogens with zero attached hydrogens (tertiary/aromatic N) is 1. The van der Waals surface area contributed by atoms with E-state index in [-0.39, 0.29) is 6.42 Å². The minimum absolute atomic E-state index is 0.0485. The van der Waals surface area contributed by atoms with Crippen LogP contribution in [0.4, 0.5) is 0 Å². The summed E-state index contributed by atoms with van der Waals surface area (Å²) >= 11 is 0. The summed E-state index contributed by atoms with van der Waals surface area (Å²) in [6.07, 6.45) is -0.0485. The van der Waals surface area contributed by atoms with Gasteiger partial charge in [0, 0.05) is 0 Å². The lowest BCUT2D eigenvalue weighted by Gasteiger charge is -2.06. The fourth-order valence-corrected chi connectivity index (χ4v) is 1.94. The molecule has 0 fully saturated rings. The molecule has 2 aromatic rings. The first-order chi connectivity index (χ1) is 7.94. The van der Waals surface area contributed by atoms with Crippen molar-refractivity contribution >= 4 is 24.5 Å². The van der Waals surface area contributed by atoms with E-state index in [0.29, 0.717) is 5.82 Å². The van der Waals surface area contributed by atoms with Gasteiger partial charge in [-0.3, -0.25) is 25.5 Å². The minimum atomic E-state index is -3.53. The lowest BCUT2D eigenvalue weighted by Crippen LogP contribution is -2.29. The number of rotatable bonds is 3. The number of imidazole rings is 1. The molecule has 0 spiro atoms. The number of carbonyl (C=O) groups excluding carboxylic acids is 1. The highest BCUT2D eigenvalue weighted by Crippen LogP contribution is 2.17. The number of para-hydroxylation sites is 2. The van der Waals surface area contributed by atoms with Crippen LogP contribution in [-0.2, 0) is 15.8 Å². The average molecular weight is 253 g/mol. The normalized spacial score (nSPS) is 11.6. The monoisotopic (exact) mass is 253 g/mol. The van der Waals surface area contributed by atoms with Gasteiger partial charge in [0.2, 0.25) is 5.91 Å². The van der Waals surface area contributed by atoms with Crippen LogP contribution in [0.1, 0.15) is 5.82 Å². The molecule has 1 aromatic heterocycles. The number of hydrogen-bond donors (Lipinski definition) is 4. The fraction of sp³-hybridized carbons (Fsp3) is 0.111. The molecule has 0 unspecified atom stereocenters. The van der Waals surface area contributed by atoms with Gasteiger partial charge in [-0.2, -0.15) is 0 Å². The Morgan fingerprint density at radius 1 is 1.41 bits per heavy atom. The molecule has 1 aromatic carbocycles. The number of aromatic amines is 1.